The number of aliphatic hydroxyl groups excluding tert-OH is 2. The Bertz CT molecular complexity index is 2660. The van der Waals surface area contributed by atoms with Gasteiger partial charge in [0.1, 0.15) is 28.6 Å². The van der Waals surface area contributed by atoms with Gasteiger partial charge in [-0.05, 0) is 52.3 Å². The SMILES string of the molecule is CO[C@H]1/C=C/O[C@@]2(C)Oc3c(C)c(O)c4c(O)c(c5c(c4c3C2=O)=NC2(CCN(CC(C)C)CC2)N=5)NC(=O)/C(C)=C\C=C\[C@H](C)[C@H](O)[C@@H](C)[C@@H](O)[C@@H](C)[C@H](OC(=O)CCC(=O)OCC2CCCN(C)C2)[C@@H]1C. The molecule has 8 rings (SSSR count). The Morgan fingerprint density at radius 1 is 0.918 bits per heavy atom. The molecule has 2 aromatic rings. The van der Waals surface area contributed by atoms with E-state index in [2.05, 4.69) is 29.0 Å². The average Bonchev–Trinajstić information content (AvgIpc) is 3.85. The molecule has 0 saturated carbocycles. The van der Waals surface area contributed by atoms with E-state index >= 15 is 0 Å². The van der Waals surface area contributed by atoms with Gasteiger partial charge in [-0.2, -0.15) is 0 Å². The summed E-state index contributed by atoms with van der Waals surface area (Å²) in [7, 11) is 3.48. The lowest BCUT2D eigenvalue weighted by Gasteiger charge is -2.38. The van der Waals surface area contributed by atoms with Crippen LogP contribution in [0.3, 0.4) is 0 Å². The number of likely N-dealkylation sites (tertiary alicyclic amines) is 2. The van der Waals surface area contributed by atoms with Crippen LogP contribution in [0.1, 0.15) is 110 Å². The number of carbonyl (C=O) groups is 4. The summed E-state index contributed by atoms with van der Waals surface area (Å²) >= 11 is 0. The number of phenols is 2. The number of piperidine rings is 2. The molecule has 73 heavy (non-hydrogen) atoms. The second-order valence-electron chi connectivity index (χ2n) is 21.8. The third-order valence-electron chi connectivity index (χ3n) is 15.6. The molecular formula is C55H77N5O13. The predicted molar refractivity (Wildman–Crippen MR) is 272 cm³/mol. The molecule has 0 radical (unpaired) electrons. The van der Waals surface area contributed by atoms with Gasteiger partial charge in [0.2, 0.25) is 0 Å². The van der Waals surface area contributed by atoms with E-state index in [4.69, 9.17) is 33.7 Å². The largest absolute Gasteiger partial charge is 0.507 e. The Kier molecular flexibility index (Phi) is 17.1. The monoisotopic (exact) mass is 1020 g/mol. The second kappa shape index (κ2) is 22.6. The Morgan fingerprint density at radius 2 is 1.60 bits per heavy atom. The summed E-state index contributed by atoms with van der Waals surface area (Å²) in [6.45, 7) is 20.2. The molecule has 6 aliphatic rings. The van der Waals surface area contributed by atoms with Crippen LogP contribution in [0.15, 0.2) is 46.1 Å². The van der Waals surface area contributed by atoms with Gasteiger partial charge in [0.05, 0.1) is 60.3 Å². The van der Waals surface area contributed by atoms with E-state index in [9.17, 15) is 39.6 Å². The summed E-state index contributed by atoms with van der Waals surface area (Å²) in [6.07, 6.45) is 5.96. The van der Waals surface area contributed by atoms with E-state index in [1.54, 1.807) is 59.8 Å². The highest BCUT2D eigenvalue weighted by Gasteiger charge is 2.50. The maximum Gasteiger partial charge on any atom is 0.312 e. The number of phenolic OH excluding ortho intramolecular Hbond substituents is 2. The summed E-state index contributed by atoms with van der Waals surface area (Å²) < 4.78 is 30.1. The van der Waals surface area contributed by atoms with Crippen molar-refractivity contribution < 1.29 is 63.3 Å². The maximum atomic E-state index is 14.9. The molecule has 6 heterocycles. The summed E-state index contributed by atoms with van der Waals surface area (Å²) in [4.78, 5) is 70.3. The molecule has 1 spiro atoms. The number of amides is 1. The fraction of sp³-hybridized carbons (Fsp3) is 0.636. The number of nitrogens with one attached hydrogen (secondary N) is 1. The van der Waals surface area contributed by atoms with Crippen LogP contribution in [0.2, 0.25) is 0 Å². The molecule has 400 valence electrons. The minimum atomic E-state index is -2.01. The van der Waals surface area contributed by atoms with Gasteiger partial charge in [-0.25, -0.2) is 0 Å². The number of aromatic hydroxyl groups is 2. The summed E-state index contributed by atoms with van der Waals surface area (Å²) in [5.41, 5.74) is -0.686. The zero-order valence-corrected chi connectivity index (χ0v) is 44.4. The Morgan fingerprint density at radius 3 is 2.27 bits per heavy atom. The predicted octanol–water partition coefficient (Wildman–Crippen LogP) is 5.39. The van der Waals surface area contributed by atoms with Gasteiger partial charge in [-0.3, -0.25) is 29.2 Å². The van der Waals surface area contributed by atoms with Gasteiger partial charge in [-0.15, -0.1) is 0 Å². The van der Waals surface area contributed by atoms with E-state index in [-0.39, 0.29) is 75.0 Å². The third kappa shape index (κ3) is 11.6. The zero-order chi connectivity index (χ0) is 53.3. The number of hydrogen-bond donors (Lipinski definition) is 5. The van der Waals surface area contributed by atoms with Crippen molar-refractivity contribution in [1.29, 1.82) is 0 Å². The number of ketones is 1. The Balaban J connectivity index is 1.26. The summed E-state index contributed by atoms with van der Waals surface area (Å²) in [6, 6.07) is 0. The van der Waals surface area contributed by atoms with Crippen molar-refractivity contribution in [2.45, 2.75) is 137 Å². The van der Waals surface area contributed by atoms with Crippen LogP contribution in [-0.4, -0.2) is 143 Å². The third-order valence-corrected chi connectivity index (χ3v) is 15.6. The van der Waals surface area contributed by atoms with Gasteiger partial charge in [-0.1, -0.05) is 59.8 Å². The molecule has 2 aromatic carbocycles. The number of carbonyl (C=O) groups excluding carboxylic acids is 4. The molecule has 2 fully saturated rings. The van der Waals surface area contributed by atoms with Crippen molar-refractivity contribution in [3.8, 4) is 17.2 Å². The first kappa shape index (κ1) is 55.4. The maximum absolute atomic E-state index is 14.9. The van der Waals surface area contributed by atoms with Crippen molar-refractivity contribution in [3.63, 3.8) is 0 Å². The summed E-state index contributed by atoms with van der Waals surface area (Å²) in [5.74, 6) is -7.47. The average molecular weight is 1020 g/mol. The van der Waals surface area contributed by atoms with Crippen molar-refractivity contribution in [2.75, 3.05) is 58.8 Å². The smallest absolute Gasteiger partial charge is 0.312 e. The van der Waals surface area contributed by atoms with E-state index < -0.39 is 94.7 Å². The molecule has 6 aliphatic heterocycles. The van der Waals surface area contributed by atoms with Gasteiger partial charge < -0.3 is 59.2 Å². The molecule has 5 bridgehead atoms. The molecule has 0 aromatic heterocycles. The first-order valence-corrected chi connectivity index (χ1v) is 25.9. The number of fused-ring (bicyclic) bond motifs is 13. The number of methoxy groups -OCH3 is 1. The van der Waals surface area contributed by atoms with Gasteiger partial charge in [0.15, 0.2) is 11.4 Å². The Labute approximate surface area is 428 Å². The highest BCUT2D eigenvalue weighted by atomic mass is 16.7. The minimum Gasteiger partial charge on any atom is -0.507 e. The van der Waals surface area contributed by atoms with E-state index in [0.717, 1.165) is 32.5 Å². The van der Waals surface area contributed by atoms with Crippen molar-refractivity contribution in [2.24, 2.45) is 45.5 Å². The number of anilines is 1. The van der Waals surface area contributed by atoms with Crippen LogP contribution >= 0.6 is 0 Å². The number of allylic oxidation sites excluding steroid dienone is 2. The van der Waals surface area contributed by atoms with Crippen molar-refractivity contribution in [1.82, 2.24) is 9.80 Å². The lowest BCUT2D eigenvalue weighted by Crippen LogP contribution is -2.46. The van der Waals surface area contributed by atoms with Crippen molar-refractivity contribution in [3.05, 3.63) is 58.0 Å². The number of hydrogen-bond acceptors (Lipinski definition) is 17. The van der Waals surface area contributed by atoms with E-state index in [1.807, 2.05) is 7.05 Å². The lowest BCUT2D eigenvalue weighted by molar-refractivity contribution is -0.165. The minimum absolute atomic E-state index is 0.0110. The molecule has 18 heteroatoms. The standard InChI is InChI=1S/C55H77N5O13/c1-29(2)26-60-23-20-55(21-24-60)57-43-40-41-48(65)35(8)51-42(40)52(67)54(9,73-51)71-25-19-37(69-11)32(5)50(72-39(62)18-17-38(61)70-28-36-16-13-22-59(10)27-36)34(7)47(64)33(6)46(63)30(3)14-12-15-31(4)53(68)56-45(49(41)66)44(43)58-55/h12,14-15,19,25,29-30,32-34,36-37,46-47,50,63-66H,13,16-18,20-24,26-28H2,1-11H3,(H,56,68)/b14-12+,25-19+,31-15-/t30-,32+,33+,34+,36?,37-,46-,47+,50+,54-/m0/s1. The number of benzene rings is 2. The second-order valence-corrected chi connectivity index (χ2v) is 21.8. The number of rotatable bonds is 9. The van der Waals surface area contributed by atoms with Gasteiger partial charge in [0.25, 0.3) is 11.7 Å². The number of aliphatic hydroxyl groups is 2. The lowest BCUT2D eigenvalue weighted by atomic mass is 9.78. The Hall–Kier alpha value is -5.40. The highest BCUT2D eigenvalue weighted by molar-refractivity contribution is 6.19. The van der Waals surface area contributed by atoms with Crippen LogP contribution in [0.25, 0.3) is 10.8 Å². The first-order chi connectivity index (χ1) is 34.5. The molecule has 1 unspecified atom stereocenters. The molecular weight excluding hydrogens is 939 g/mol. The fourth-order valence-corrected chi connectivity index (χ4v) is 11.1. The molecule has 0 aliphatic carbocycles. The van der Waals surface area contributed by atoms with Gasteiger partial charge >= 0.3 is 17.7 Å². The number of esters is 2. The van der Waals surface area contributed by atoms with Crippen LogP contribution < -0.4 is 20.8 Å². The molecule has 2 saturated heterocycles. The molecule has 10 atom stereocenters. The topological polar surface area (TPSA) is 239 Å². The molecule has 5 N–H and O–H groups in total. The number of ether oxygens (including phenoxy) is 5. The van der Waals surface area contributed by atoms with Crippen LogP contribution in [0, 0.1) is 42.4 Å². The van der Waals surface area contributed by atoms with Crippen molar-refractivity contribution >= 4 is 40.1 Å². The fourth-order valence-electron chi connectivity index (χ4n) is 11.1. The van der Waals surface area contributed by atoms with Crippen LogP contribution in [0.5, 0.6) is 17.2 Å². The van der Waals surface area contributed by atoms with E-state index in [1.165, 1.54) is 26.4 Å². The van der Waals surface area contributed by atoms with Gasteiger partial charge in [0, 0.05) is 99.2 Å². The molecule has 1 amide bonds. The summed E-state index contributed by atoms with van der Waals surface area (Å²) in [5, 5.41) is 50.9. The number of nitrogens with zero attached hydrogens (tertiary/aromatic N) is 4. The molecule has 18 nitrogen and oxygen atoms in total. The zero-order valence-electron chi connectivity index (χ0n) is 44.4. The highest BCUT2D eigenvalue weighted by Crippen LogP contribution is 2.50. The quantitative estimate of drug-likeness (QED) is 0.156. The van der Waals surface area contributed by atoms with Crippen LogP contribution in [0.4, 0.5) is 5.69 Å². The van der Waals surface area contributed by atoms with Crippen LogP contribution in [-0.2, 0) is 33.3 Å². The number of Topliss-reactive ketones (excluding diaryl/α,β-unsaturated/α-hetero) is 1. The van der Waals surface area contributed by atoms with E-state index in [0.29, 0.717) is 31.8 Å². The normalized spacial score (nSPS) is 31.7. The first-order valence-electron chi connectivity index (χ1n) is 25.9.